The summed E-state index contributed by atoms with van der Waals surface area (Å²) < 4.78 is 0. The van der Waals surface area contributed by atoms with Crippen molar-refractivity contribution < 1.29 is 0 Å². The lowest BCUT2D eigenvalue weighted by atomic mass is 9.92. The zero-order valence-corrected chi connectivity index (χ0v) is 12.5. The van der Waals surface area contributed by atoms with Gasteiger partial charge >= 0.3 is 0 Å². The van der Waals surface area contributed by atoms with Gasteiger partial charge < -0.3 is 10.6 Å². The topological polar surface area (TPSA) is 36.4 Å². The van der Waals surface area contributed by atoms with Crippen molar-refractivity contribution in [2.75, 3.05) is 13.6 Å². The van der Waals surface area contributed by atoms with Crippen LogP contribution in [0.3, 0.4) is 0 Å². The standard InChI is InChI=1S/C16H25N3/c1-12(2)19-15(17-4)18-11-16(9-10-16)14-8-6-5-7-13(14)3/h5-8,12H,9-11H2,1-4H3,(H2,17,18,19). The maximum atomic E-state index is 4.27. The van der Waals surface area contributed by atoms with Crippen LogP contribution >= 0.6 is 0 Å². The zero-order valence-electron chi connectivity index (χ0n) is 12.5. The lowest BCUT2D eigenvalue weighted by Gasteiger charge is -2.21. The Balaban J connectivity index is 2.01. The van der Waals surface area contributed by atoms with Gasteiger partial charge in [-0.2, -0.15) is 0 Å². The van der Waals surface area contributed by atoms with Crippen molar-refractivity contribution in [3.05, 3.63) is 35.4 Å². The predicted molar refractivity (Wildman–Crippen MR) is 81.7 cm³/mol. The minimum absolute atomic E-state index is 0.319. The van der Waals surface area contributed by atoms with Gasteiger partial charge in [-0.25, -0.2) is 0 Å². The summed E-state index contributed by atoms with van der Waals surface area (Å²) in [4.78, 5) is 4.27. The van der Waals surface area contributed by atoms with Gasteiger partial charge in [-0.3, -0.25) is 4.99 Å². The molecule has 0 unspecified atom stereocenters. The van der Waals surface area contributed by atoms with E-state index in [1.807, 2.05) is 7.05 Å². The zero-order chi connectivity index (χ0) is 13.9. The average Bonchev–Trinajstić information content (AvgIpc) is 3.15. The highest BCUT2D eigenvalue weighted by Gasteiger charge is 2.44. The molecule has 1 fully saturated rings. The number of guanidine groups is 1. The predicted octanol–water partition coefficient (Wildman–Crippen LogP) is 2.60. The molecule has 0 amide bonds. The number of aryl methyl sites for hydroxylation is 1. The van der Waals surface area contributed by atoms with Crippen molar-refractivity contribution in [1.82, 2.24) is 10.6 Å². The van der Waals surface area contributed by atoms with Crippen molar-refractivity contribution in [3.8, 4) is 0 Å². The largest absolute Gasteiger partial charge is 0.356 e. The maximum absolute atomic E-state index is 4.27. The highest BCUT2D eigenvalue weighted by atomic mass is 15.2. The van der Waals surface area contributed by atoms with E-state index in [0.29, 0.717) is 11.5 Å². The van der Waals surface area contributed by atoms with Crippen LogP contribution in [-0.4, -0.2) is 25.6 Å². The molecule has 0 heterocycles. The van der Waals surface area contributed by atoms with Gasteiger partial charge in [0.1, 0.15) is 0 Å². The van der Waals surface area contributed by atoms with Gasteiger partial charge in [0, 0.05) is 25.0 Å². The minimum Gasteiger partial charge on any atom is -0.356 e. The van der Waals surface area contributed by atoms with Gasteiger partial charge in [-0.15, -0.1) is 0 Å². The summed E-state index contributed by atoms with van der Waals surface area (Å²) in [5.74, 6) is 0.898. The van der Waals surface area contributed by atoms with E-state index >= 15 is 0 Å². The summed E-state index contributed by atoms with van der Waals surface area (Å²) in [5.41, 5.74) is 3.20. The lowest BCUT2D eigenvalue weighted by molar-refractivity contribution is 0.628. The smallest absolute Gasteiger partial charge is 0.191 e. The van der Waals surface area contributed by atoms with Crippen LogP contribution in [0, 0.1) is 6.92 Å². The molecule has 0 saturated heterocycles. The van der Waals surface area contributed by atoms with Crippen molar-refractivity contribution >= 4 is 5.96 Å². The second kappa shape index (κ2) is 5.64. The molecule has 1 aromatic rings. The molecule has 0 aromatic heterocycles. The summed E-state index contributed by atoms with van der Waals surface area (Å²) in [6.45, 7) is 7.42. The van der Waals surface area contributed by atoms with Gasteiger partial charge in [0.05, 0.1) is 0 Å². The monoisotopic (exact) mass is 259 g/mol. The Labute approximate surface area is 116 Å². The van der Waals surface area contributed by atoms with Crippen LogP contribution in [0.1, 0.15) is 37.8 Å². The van der Waals surface area contributed by atoms with Crippen LogP contribution in [0.15, 0.2) is 29.3 Å². The molecular weight excluding hydrogens is 234 g/mol. The summed E-state index contributed by atoms with van der Waals surface area (Å²) >= 11 is 0. The van der Waals surface area contributed by atoms with Crippen molar-refractivity contribution in [3.63, 3.8) is 0 Å². The number of nitrogens with zero attached hydrogens (tertiary/aromatic N) is 1. The van der Waals surface area contributed by atoms with Gasteiger partial charge in [0.15, 0.2) is 5.96 Å². The first-order valence-electron chi connectivity index (χ1n) is 7.11. The molecular formula is C16H25N3. The van der Waals surface area contributed by atoms with Gasteiger partial charge in [0.2, 0.25) is 0 Å². The molecule has 1 aromatic carbocycles. The molecule has 0 radical (unpaired) electrons. The van der Waals surface area contributed by atoms with Gasteiger partial charge in [0.25, 0.3) is 0 Å². The molecule has 3 heteroatoms. The van der Waals surface area contributed by atoms with Crippen LogP contribution < -0.4 is 10.6 Å². The number of benzene rings is 1. The van der Waals surface area contributed by atoms with Crippen LogP contribution in [0.4, 0.5) is 0 Å². The fourth-order valence-electron chi connectivity index (χ4n) is 2.58. The second-order valence-electron chi connectivity index (χ2n) is 5.82. The number of aliphatic imine (C=N–C) groups is 1. The Kier molecular flexibility index (Phi) is 4.13. The Hall–Kier alpha value is -1.51. The Morgan fingerprint density at radius 1 is 1.32 bits per heavy atom. The van der Waals surface area contributed by atoms with E-state index in [2.05, 4.69) is 60.7 Å². The molecule has 104 valence electrons. The molecule has 0 bridgehead atoms. The molecule has 2 rings (SSSR count). The fraction of sp³-hybridized carbons (Fsp3) is 0.562. The van der Waals surface area contributed by atoms with Crippen LogP contribution in [-0.2, 0) is 5.41 Å². The molecule has 19 heavy (non-hydrogen) atoms. The van der Waals surface area contributed by atoms with Crippen molar-refractivity contribution in [2.24, 2.45) is 4.99 Å². The van der Waals surface area contributed by atoms with Crippen LogP contribution in [0.25, 0.3) is 0 Å². The summed E-state index contributed by atoms with van der Waals surface area (Å²) in [7, 11) is 1.82. The van der Waals surface area contributed by atoms with E-state index < -0.39 is 0 Å². The number of hydrogen-bond donors (Lipinski definition) is 2. The van der Waals surface area contributed by atoms with E-state index in [4.69, 9.17) is 0 Å². The minimum atomic E-state index is 0.319. The van der Waals surface area contributed by atoms with E-state index in [9.17, 15) is 0 Å². The van der Waals surface area contributed by atoms with Crippen molar-refractivity contribution in [1.29, 1.82) is 0 Å². The molecule has 3 nitrogen and oxygen atoms in total. The molecule has 0 atom stereocenters. The Bertz CT molecular complexity index is 459. The first-order chi connectivity index (χ1) is 9.07. The molecule has 0 aliphatic heterocycles. The van der Waals surface area contributed by atoms with Crippen molar-refractivity contribution in [2.45, 2.75) is 45.1 Å². The molecule has 0 spiro atoms. The quantitative estimate of drug-likeness (QED) is 0.644. The summed E-state index contributed by atoms with van der Waals surface area (Å²) in [5, 5.41) is 6.80. The van der Waals surface area contributed by atoms with E-state index in [-0.39, 0.29) is 0 Å². The molecule has 1 saturated carbocycles. The third-order valence-electron chi connectivity index (χ3n) is 3.81. The summed E-state index contributed by atoms with van der Waals surface area (Å²) in [6, 6.07) is 9.13. The first kappa shape index (κ1) is 13.9. The lowest BCUT2D eigenvalue weighted by Crippen LogP contribution is -2.44. The highest BCUT2D eigenvalue weighted by molar-refractivity contribution is 5.80. The average molecular weight is 259 g/mol. The number of nitrogens with one attached hydrogen (secondary N) is 2. The first-order valence-corrected chi connectivity index (χ1v) is 7.11. The molecule has 1 aliphatic carbocycles. The molecule has 1 aliphatic rings. The van der Waals surface area contributed by atoms with Crippen LogP contribution in [0.2, 0.25) is 0 Å². The Morgan fingerprint density at radius 3 is 2.53 bits per heavy atom. The number of hydrogen-bond acceptors (Lipinski definition) is 1. The third-order valence-corrected chi connectivity index (χ3v) is 3.81. The van der Waals surface area contributed by atoms with E-state index in [0.717, 1.165) is 12.5 Å². The second-order valence-corrected chi connectivity index (χ2v) is 5.82. The highest BCUT2D eigenvalue weighted by Crippen LogP contribution is 2.48. The third kappa shape index (κ3) is 3.28. The number of rotatable bonds is 4. The Morgan fingerprint density at radius 2 is 2.00 bits per heavy atom. The molecule has 2 N–H and O–H groups in total. The fourth-order valence-corrected chi connectivity index (χ4v) is 2.58. The summed E-state index contributed by atoms with van der Waals surface area (Å²) in [6.07, 6.45) is 2.53. The van der Waals surface area contributed by atoms with Crippen LogP contribution in [0.5, 0.6) is 0 Å². The van der Waals surface area contributed by atoms with Gasteiger partial charge in [-0.1, -0.05) is 24.3 Å². The van der Waals surface area contributed by atoms with E-state index in [1.54, 1.807) is 0 Å². The SMILES string of the molecule is CN=C(NCC1(c2ccccc2C)CC1)NC(C)C. The van der Waals surface area contributed by atoms with Gasteiger partial charge in [-0.05, 0) is 44.7 Å². The maximum Gasteiger partial charge on any atom is 0.191 e. The normalized spacial score (nSPS) is 17.4. The van der Waals surface area contributed by atoms with E-state index in [1.165, 1.54) is 24.0 Å².